The van der Waals surface area contributed by atoms with Crippen molar-refractivity contribution in [1.29, 1.82) is 0 Å². The Labute approximate surface area is 202 Å². The summed E-state index contributed by atoms with van der Waals surface area (Å²) in [6.07, 6.45) is -0.602. The number of methoxy groups -OCH3 is 1. The Morgan fingerprint density at radius 3 is 2.40 bits per heavy atom. The van der Waals surface area contributed by atoms with Crippen molar-refractivity contribution in [3.05, 3.63) is 94.3 Å². The predicted octanol–water partition coefficient (Wildman–Crippen LogP) is 4.68. The number of carbonyl (C=O) groups is 2. The average molecular weight is 480 g/mol. The van der Waals surface area contributed by atoms with E-state index in [1.165, 1.54) is 13.2 Å². The van der Waals surface area contributed by atoms with Gasteiger partial charge in [0.15, 0.2) is 23.0 Å². The molecule has 0 aliphatic heterocycles. The topological polar surface area (TPSA) is 94.1 Å². The zero-order valence-corrected chi connectivity index (χ0v) is 19.5. The molecule has 0 saturated carbocycles. The monoisotopic (exact) mass is 479 g/mol. The lowest BCUT2D eigenvalue weighted by Crippen LogP contribution is -2.52. The molecule has 0 radical (unpaired) electrons. The maximum atomic E-state index is 14.8. The van der Waals surface area contributed by atoms with Crippen LogP contribution in [0, 0.1) is 12.7 Å². The molecular formula is C27H26FNO6. The number of amides is 1. The lowest BCUT2D eigenvalue weighted by atomic mass is 10.1. The third-order valence-corrected chi connectivity index (χ3v) is 5.90. The van der Waals surface area contributed by atoms with Crippen LogP contribution in [0.25, 0.3) is 0 Å². The van der Waals surface area contributed by atoms with Crippen LogP contribution >= 0.6 is 0 Å². The van der Waals surface area contributed by atoms with Crippen molar-refractivity contribution >= 4 is 12.1 Å². The van der Waals surface area contributed by atoms with Crippen molar-refractivity contribution in [2.24, 2.45) is 0 Å². The molecule has 0 heterocycles. The summed E-state index contributed by atoms with van der Waals surface area (Å²) in [5.74, 6) is -1.50. The molecule has 1 aliphatic rings. The van der Waals surface area contributed by atoms with E-state index in [4.69, 9.17) is 14.2 Å². The minimum absolute atomic E-state index is 0.0434. The Kier molecular flexibility index (Phi) is 6.91. The highest BCUT2D eigenvalue weighted by Gasteiger charge is 2.42. The first-order valence-electron chi connectivity index (χ1n) is 11.2. The normalized spacial score (nSPS) is 13.6. The number of hydrogen-bond donors (Lipinski definition) is 2. The minimum Gasteiger partial charge on any atom is -0.490 e. The van der Waals surface area contributed by atoms with Gasteiger partial charge in [0.1, 0.15) is 0 Å². The molecule has 7 nitrogen and oxygen atoms in total. The number of rotatable bonds is 8. The highest BCUT2D eigenvalue weighted by atomic mass is 19.1. The van der Waals surface area contributed by atoms with Crippen molar-refractivity contribution in [1.82, 2.24) is 5.32 Å². The number of fused-ring (bicyclic) bond motifs is 1. The van der Waals surface area contributed by atoms with Gasteiger partial charge in [-0.1, -0.05) is 54.1 Å². The van der Waals surface area contributed by atoms with Crippen LogP contribution < -0.4 is 14.8 Å². The summed E-state index contributed by atoms with van der Waals surface area (Å²) in [5, 5.41) is 12.0. The smallest absolute Gasteiger partial charge is 0.490 e. The third kappa shape index (κ3) is 5.54. The molecular weight excluding hydrogens is 453 g/mol. The van der Waals surface area contributed by atoms with Crippen molar-refractivity contribution in [2.75, 3.05) is 13.7 Å². The van der Waals surface area contributed by atoms with Gasteiger partial charge in [0.05, 0.1) is 13.7 Å². The van der Waals surface area contributed by atoms with Gasteiger partial charge in [-0.05, 0) is 35.7 Å². The van der Waals surface area contributed by atoms with E-state index in [9.17, 15) is 19.1 Å². The number of nitrogens with one attached hydrogen (secondary N) is 1. The fourth-order valence-corrected chi connectivity index (χ4v) is 4.36. The maximum absolute atomic E-state index is 14.8. The number of halogens is 1. The highest BCUT2D eigenvalue weighted by Crippen LogP contribution is 2.34. The summed E-state index contributed by atoms with van der Waals surface area (Å²) in [6, 6.07) is 17.7. The summed E-state index contributed by atoms with van der Waals surface area (Å²) in [4.78, 5) is 24.5. The Hall–Kier alpha value is -4.07. The minimum atomic E-state index is -1.51. The number of carboxylic acid groups (broad SMARTS) is 1. The molecule has 182 valence electrons. The van der Waals surface area contributed by atoms with Crippen LogP contribution in [0.5, 0.6) is 11.5 Å². The van der Waals surface area contributed by atoms with Gasteiger partial charge in [-0.3, -0.25) is 4.79 Å². The first-order chi connectivity index (χ1) is 16.8. The van der Waals surface area contributed by atoms with Gasteiger partial charge >= 0.3 is 6.16 Å². The van der Waals surface area contributed by atoms with E-state index in [1.54, 1.807) is 0 Å². The highest BCUT2D eigenvalue weighted by molar-refractivity contribution is 5.95. The summed E-state index contributed by atoms with van der Waals surface area (Å²) in [5.41, 5.74) is 2.39. The summed E-state index contributed by atoms with van der Waals surface area (Å²) < 4.78 is 30.9. The molecule has 0 atom stereocenters. The lowest BCUT2D eigenvalue weighted by molar-refractivity contribution is -0.0299. The molecule has 0 unspecified atom stereocenters. The standard InChI is InChI=1S/C27H26FNO6/c1-17-6-5-7-18(12-17)10-11-34-23-14-21(13-22(28)24(23)33-2)25(30)29-27(35-26(31)32)15-19-8-3-4-9-20(19)16-27/h3-9,12-14H,10-11,15-16H2,1-2H3,(H,29,30)(H,31,32). The van der Waals surface area contributed by atoms with Gasteiger partial charge in [-0.2, -0.15) is 0 Å². The van der Waals surface area contributed by atoms with E-state index < -0.39 is 23.6 Å². The first kappa shape index (κ1) is 24.1. The van der Waals surface area contributed by atoms with Crippen LogP contribution in [-0.4, -0.2) is 36.6 Å². The molecule has 1 amide bonds. The average Bonchev–Trinajstić information content (AvgIpc) is 3.15. The van der Waals surface area contributed by atoms with Gasteiger partial charge in [0.2, 0.25) is 0 Å². The Balaban J connectivity index is 1.53. The van der Waals surface area contributed by atoms with E-state index in [2.05, 4.69) is 5.32 Å². The van der Waals surface area contributed by atoms with Gasteiger partial charge in [-0.15, -0.1) is 0 Å². The van der Waals surface area contributed by atoms with Crippen LogP contribution in [0.15, 0.2) is 60.7 Å². The second-order valence-electron chi connectivity index (χ2n) is 8.52. The van der Waals surface area contributed by atoms with Crippen LogP contribution in [0.3, 0.4) is 0 Å². The number of aryl methyl sites for hydroxylation is 1. The number of carbonyl (C=O) groups excluding carboxylic acids is 1. The quantitative estimate of drug-likeness (QED) is 0.360. The Morgan fingerprint density at radius 2 is 1.77 bits per heavy atom. The molecule has 0 bridgehead atoms. The van der Waals surface area contributed by atoms with Gasteiger partial charge in [-0.25, -0.2) is 9.18 Å². The predicted molar refractivity (Wildman–Crippen MR) is 126 cm³/mol. The second kappa shape index (κ2) is 10.0. The molecule has 1 aliphatic carbocycles. The van der Waals surface area contributed by atoms with Crippen molar-refractivity contribution in [3.8, 4) is 11.5 Å². The molecule has 0 saturated heterocycles. The zero-order valence-electron chi connectivity index (χ0n) is 19.5. The van der Waals surface area contributed by atoms with Crippen LogP contribution in [0.2, 0.25) is 0 Å². The molecule has 0 fully saturated rings. The molecule has 3 aromatic rings. The van der Waals surface area contributed by atoms with Crippen LogP contribution in [0.1, 0.15) is 32.6 Å². The fraction of sp³-hybridized carbons (Fsp3) is 0.259. The number of benzene rings is 3. The molecule has 2 N–H and O–H groups in total. The number of hydrogen-bond acceptors (Lipinski definition) is 5. The van der Waals surface area contributed by atoms with Gasteiger partial charge in [0, 0.05) is 24.8 Å². The summed E-state index contributed by atoms with van der Waals surface area (Å²) in [6.45, 7) is 2.24. The van der Waals surface area contributed by atoms with E-state index in [-0.39, 0.29) is 36.5 Å². The van der Waals surface area contributed by atoms with Crippen molar-refractivity contribution in [3.63, 3.8) is 0 Å². The SMILES string of the molecule is COc1c(F)cc(C(=O)NC2(OC(=O)O)Cc3ccccc3C2)cc1OCCc1cccc(C)c1. The largest absolute Gasteiger partial charge is 0.507 e. The summed E-state index contributed by atoms with van der Waals surface area (Å²) >= 11 is 0. The van der Waals surface area contributed by atoms with Gasteiger partial charge < -0.3 is 24.6 Å². The zero-order chi connectivity index (χ0) is 25.0. The fourth-order valence-electron chi connectivity index (χ4n) is 4.36. The molecule has 4 rings (SSSR count). The Bertz CT molecular complexity index is 1230. The first-order valence-corrected chi connectivity index (χ1v) is 11.2. The molecule has 35 heavy (non-hydrogen) atoms. The molecule has 3 aromatic carbocycles. The van der Waals surface area contributed by atoms with Crippen molar-refractivity contribution < 1.29 is 33.3 Å². The molecule has 8 heteroatoms. The third-order valence-electron chi connectivity index (χ3n) is 5.90. The second-order valence-corrected chi connectivity index (χ2v) is 8.52. The van der Waals surface area contributed by atoms with E-state index in [0.717, 1.165) is 28.3 Å². The van der Waals surface area contributed by atoms with Gasteiger partial charge in [0.25, 0.3) is 5.91 Å². The lowest BCUT2D eigenvalue weighted by Gasteiger charge is -2.28. The Morgan fingerprint density at radius 1 is 1.06 bits per heavy atom. The van der Waals surface area contributed by atoms with E-state index in [0.29, 0.717) is 6.42 Å². The van der Waals surface area contributed by atoms with Crippen molar-refractivity contribution in [2.45, 2.75) is 31.9 Å². The maximum Gasteiger partial charge on any atom is 0.507 e. The molecule has 0 aromatic heterocycles. The van der Waals surface area contributed by atoms with E-state index in [1.807, 2.05) is 55.5 Å². The number of ether oxygens (including phenoxy) is 3. The van der Waals surface area contributed by atoms with E-state index >= 15 is 0 Å². The van der Waals surface area contributed by atoms with Crippen LogP contribution in [-0.2, 0) is 24.0 Å². The molecule has 0 spiro atoms. The van der Waals surface area contributed by atoms with Crippen LogP contribution in [0.4, 0.5) is 9.18 Å². The summed E-state index contributed by atoms with van der Waals surface area (Å²) in [7, 11) is 1.32.